The number of primary sulfonamides is 1. The minimum atomic E-state index is -4.26. The first-order valence-electron chi connectivity index (χ1n) is 6.22. The van der Waals surface area contributed by atoms with Gasteiger partial charge in [0.25, 0.3) is 5.91 Å². The number of nitrogens with one attached hydrogen (secondary N) is 1. The minimum Gasteiger partial charge on any atom is -0.352 e. The van der Waals surface area contributed by atoms with Crippen LogP contribution in [0.5, 0.6) is 0 Å². The van der Waals surface area contributed by atoms with Crippen molar-refractivity contribution in [1.29, 1.82) is 0 Å². The third-order valence-electron chi connectivity index (χ3n) is 2.73. The van der Waals surface area contributed by atoms with Crippen molar-refractivity contribution in [2.45, 2.75) is 32.1 Å². The lowest BCUT2D eigenvalue weighted by molar-refractivity contribution is 0.0949. The molecule has 0 fully saturated rings. The second-order valence-corrected chi connectivity index (χ2v) is 7.81. The molecule has 118 valence electrons. The van der Waals surface area contributed by atoms with Gasteiger partial charge in [-0.1, -0.05) is 32.4 Å². The van der Waals surface area contributed by atoms with Crippen molar-refractivity contribution in [2.75, 3.05) is 6.54 Å². The van der Waals surface area contributed by atoms with Gasteiger partial charge >= 0.3 is 0 Å². The maximum absolute atomic E-state index is 13.5. The Balaban J connectivity index is 3.00. The zero-order valence-corrected chi connectivity index (χ0v) is 13.6. The lowest BCUT2D eigenvalue weighted by Gasteiger charge is -2.18. The number of sulfonamides is 1. The number of rotatable bonds is 4. The van der Waals surface area contributed by atoms with Crippen molar-refractivity contribution in [3.05, 3.63) is 28.5 Å². The number of carbonyl (C=O) groups excluding carboxylic acids is 1. The van der Waals surface area contributed by atoms with E-state index in [4.69, 9.17) is 16.7 Å². The highest BCUT2D eigenvalue weighted by molar-refractivity contribution is 7.89. The molecule has 0 atom stereocenters. The van der Waals surface area contributed by atoms with Crippen molar-refractivity contribution in [3.63, 3.8) is 0 Å². The Morgan fingerprint density at radius 1 is 1.38 bits per heavy atom. The third-order valence-corrected chi connectivity index (χ3v) is 3.97. The molecule has 0 unspecified atom stereocenters. The summed E-state index contributed by atoms with van der Waals surface area (Å²) >= 11 is 5.78. The van der Waals surface area contributed by atoms with E-state index in [-0.39, 0.29) is 16.0 Å². The fourth-order valence-corrected chi connectivity index (χ4v) is 2.42. The van der Waals surface area contributed by atoms with Gasteiger partial charge in [0.05, 0.1) is 10.6 Å². The number of benzene rings is 1. The second kappa shape index (κ2) is 6.29. The number of nitrogens with two attached hydrogens (primary N) is 1. The predicted molar refractivity (Wildman–Crippen MR) is 79.2 cm³/mol. The van der Waals surface area contributed by atoms with E-state index < -0.39 is 26.6 Å². The summed E-state index contributed by atoms with van der Waals surface area (Å²) in [6.45, 7) is 6.44. The molecule has 1 aromatic carbocycles. The molecule has 0 bridgehead atoms. The maximum Gasteiger partial charge on any atom is 0.252 e. The Hall–Kier alpha value is -1.18. The van der Waals surface area contributed by atoms with Gasteiger partial charge in [0.15, 0.2) is 0 Å². The van der Waals surface area contributed by atoms with Crippen LogP contribution < -0.4 is 10.5 Å². The van der Waals surface area contributed by atoms with E-state index in [9.17, 15) is 17.6 Å². The van der Waals surface area contributed by atoms with E-state index in [1.54, 1.807) is 0 Å². The van der Waals surface area contributed by atoms with Crippen LogP contribution in [0.4, 0.5) is 4.39 Å². The molecule has 3 N–H and O–H groups in total. The first kappa shape index (κ1) is 17.9. The highest BCUT2D eigenvalue weighted by atomic mass is 35.5. The Bertz CT molecular complexity index is 654. The number of halogens is 2. The molecule has 1 aromatic rings. The van der Waals surface area contributed by atoms with Crippen LogP contribution in [-0.2, 0) is 10.0 Å². The highest BCUT2D eigenvalue weighted by Gasteiger charge is 2.21. The van der Waals surface area contributed by atoms with Crippen LogP contribution in [0.25, 0.3) is 0 Å². The fourth-order valence-electron chi connectivity index (χ4n) is 1.57. The van der Waals surface area contributed by atoms with Crippen LogP contribution in [0.2, 0.25) is 5.02 Å². The lowest BCUT2D eigenvalue weighted by atomic mass is 9.92. The van der Waals surface area contributed by atoms with Crippen molar-refractivity contribution in [3.8, 4) is 0 Å². The van der Waals surface area contributed by atoms with E-state index in [2.05, 4.69) is 5.32 Å². The largest absolute Gasteiger partial charge is 0.352 e. The Labute approximate surface area is 128 Å². The van der Waals surface area contributed by atoms with Crippen molar-refractivity contribution >= 4 is 27.5 Å². The quantitative estimate of drug-likeness (QED) is 0.884. The van der Waals surface area contributed by atoms with Crippen LogP contribution >= 0.6 is 11.6 Å². The average molecular weight is 337 g/mol. The topological polar surface area (TPSA) is 89.3 Å². The molecule has 1 amide bonds. The second-order valence-electron chi connectivity index (χ2n) is 5.87. The molecular weight excluding hydrogens is 319 g/mol. The molecule has 1 rings (SSSR count). The van der Waals surface area contributed by atoms with Gasteiger partial charge in [0.2, 0.25) is 10.0 Å². The molecule has 0 aliphatic heterocycles. The summed E-state index contributed by atoms with van der Waals surface area (Å²) in [4.78, 5) is 11.2. The van der Waals surface area contributed by atoms with Crippen LogP contribution in [-0.4, -0.2) is 20.9 Å². The van der Waals surface area contributed by atoms with Crippen LogP contribution in [0.15, 0.2) is 17.0 Å². The lowest BCUT2D eigenvalue weighted by Crippen LogP contribution is -2.28. The van der Waals surface area contributed by atoms with Gasteiger partial charge in [-0.05, 0) is 24.0 Å². The fraction of sp³-hybridized carbons (Fsp3) is 0.462. The molecule has 0 heterocycles. The molecule has 0 aliphatic carbocycles. The number of amides is 1. The standard InChI is InChI=1S/C13H18ClFN2O3S/c1-13(2,3)4-5-17-12(18)8-6-11(21(16,19)20)10(15)7-9(8)14/h6-7H,4-5H2,1-3H3,(H,17,18)(H2,16,19,20). The third kappa shape index (κ3) is 5.26. The van der Waals surface area contributed by atoms with Gasteiger partial charge in [0.1, 0.15) is 10.7 Å². The van der Waals surface area contributed by atoms with Crippen LogP contribution in [0.1, 0.15) is 37.6 Å². The molecule has 0 spiro atoms. The first-order valence-corrected chi connectivity index (χ1v) is 8.14. The normalized spacial score (nSPS) is 12.3. The number of carbonyl (C=O) groups is 1. The SMILES string of the molecule is CC(C)(C)CCNC(=O)c1cc(S(N)(=O)=O)c(F)cc1Cl. The maximum atomic E-state index is 13.5. The van der Waals surface area contributed by atoms with Crippen molar-refractivity contribution < 1.29 is 17.6 Å². The van der Waals surface area contributed by atoms with Gasteiger partial charge in [-0.25, -0.2) is 17.9 Å². The van der Waals surface area contributed by atoms with E-state index in [0.29, 0.717) is 6.54 Å². The predicted octanol–water partition coefficient (Wildman–Crippen LogP) is 2.29. The summed E-state index contributed by atoms with van der Waals surface area (Å²) in [5.41, 5.74) is -0.0953. The molecule has 0 aliphatic rings. The monoisotopic (exact) mass is 336 g/mol. The molecule has 21 heavy (non-hydrogen) atoms. The van der Waals surface area contributed by atoms with Gasteiger partial charge in [0, 0.05) is 6.54 Å². The highest BCUT2D eigenvalue weighted by Crippen LogP contribution is 2.23. The van der Waals surface area contributed by atoms with Gasteiger partial charge in [-0.3, -0.25) is 4.79 Å². The van der Waals surface area contributed by atoms with Crippen molar-refractivity contribution in [1.82, 2.24) is 5.32 Å². The molecule has 0 radical (unpaired) electrons. The van der Waals surface area contributed by atoms with E-state index in [1.807, 2.05) is 20.8 Å². The molecule has 0 saturated heterocycles. The van der Waals surface area contributed by atoms with Crippen LogP contribution in [0.3, 0.4) is 0 Å². The molecule has 0 saturated carbocycles. The summed E-state index contributed by atoms with van der Waals surface area (Å²) < 4.78 is 36.0. The zero-order chi connectivity index (χ0) is 16.4. The Morgan fingerprint density at radius 2 is 1.95 bits per heavy atom. The summed E-state index contributed by atoms with van der Waals surface area (Å²) in [6.07, 6.45) is 0.722. The molecule has 0 aromatic heterocycles. The smallest absolute Gasteiger partial charge is 0.252 e. The molecule has 8 heteroatoms. The Morgan fingerprint density at radius 3 is 2.43 bits per heavy atom. The van der Waals surface area contributed by atoms with Crippen molar-refractivity contribution in [2.24, 2.45) is 10.6 Å². The summed E-state index contributed by atoms with van der Waals surface area (Å²) in [5, 5.41) is 7.33. The van der Waals surface area contributed by atoms with Gasteiger partial charge < -0.3 is 5.32 Å². The minimum absolute atomic E-state index is 0.0334. The Kier molecular flexibility index (Phi) is 5.35. The van der Waals surface area contributed by atoms with Gasteiger partial charge in [-0.15, -0.1) is 0 Å². The zero-order valence-electron chi connectivity index (χ0n) is 12.0. The summed E-state index contributed by atoms with van der Waals surface area (Å²) in [5.74, 6) is -1.66. The van der Waals surface area contributed by atoms with E-state index in [1.165, 1.54) is 0 Å². The molecular formula is C13H18ClFN2O3S. The van der Waals surface area contributed by atoms with Crippen LogP contribution in [0, 0.1) is 11.2 Å². The number of hydrogen-bond donors (Lipinski definition) is 2. The average Bonchev–Trinajstić information content (AvgIpc) is 2.24. The first-order chi connectivity index (χ1) is 9.42. The number of hydrogen-bond acceptors (Lipinski definition) is 3. The summed E-state index contributed by atoms with van der Waals surface area (Å²) in [7, 11) is -4.26. The van der Waals surface area contributed by atoms with E-state index in [0.717, 1.165) is 18.6 Å². The van der Waals surface area contributed by atoms with Gasteiger partial charge in [-0.2, -0.15) is 0 Å². The summed E-state index contributed by atoms with van der Waals surface area (Å²) in [6, 6.07) is 1.61. The molecule has 5 nitrogen and oxygen atoms in total. The van der Waals surface area contributed by atoms with E-state index >= 15 is 0 Å².